The van der Waals surface area contributed by atoms with Crippen LogP contribution in [-0.4, -0.2) is 10.5 Å². The number of carboxylic acids is 1. The summed E-state index contributed by atoms with van der Waals surface area (Å²) in [5.41, 5.74) is 5.02. The van der Waals surface area contributed by atoms with Crippen LogP contribution in [0, 0.1) is 6.92 Å². The van der Waals surface area contributed by atoms with Crippen molar-refractivity contribution in [3.05, 3.63) is 76.9 Å². The summed E-state index contributed by atoms with van der Waals surface area (Å²) in [4.78, 5) is 10.9. The average Bonchev–Trinajstić information content (AvgIpc) is 2.99. The molecule has 3 nitrogen and oxygen atoms in total. The number of benzene rings is 2. The van der Waals surface area contributed by atoms with Crippen molar-refractivity contribution in [2.24, 2.45) is 0 Å². The largest absolute Gasteiger partial charge is 0.550 e. The van der Waals surface area contributed by atoms with E-state index in [2.05, 4.69) is 4.57 Å². The van der Waals surface area contributed by atoms with Crippen LogP contribution in [-0.2, 0) is 11.2 Å². The van der Waals surface area contributed by atoms with Gasteiger partial charge in [0.15, 0.2) is 0 Å². The summed E-state index contributed by atoms with van der Waals surface area (Å²) in [6.07, 6.45) is 0.388. The Morgan fingerprint density at radius 1 is 1.08 bits per heavy atom. The molecule has 0 unspecified atom stereocenters. The summed E-state index contributed by atoms with van der Waals surface area (Å²) in [6, 6.07) is 19.7. The van der Waals surface area contributed by atoms with Gasteiger partial charge in [-0.1, -0.05) is 48.0 Å². The minimum atomic E-state index is -1.05. The molecule has 4 heteroatoms. The summed E-state index contributed by atoms with van der Waals surface area (Å²) in [5, 5.41) is 11.5. The maximum absolute atomic E-state index is 10.9. The van der Waals surface area contributed by atoms with Crippen LogP contribution in [0.4, 0.5) is 0 Å². The van der Waals surface area contributed by atoms with Crippen molar-refractivity contribution in [3.8, 4) is 16.9 Å². The van der Waals surface area contributed by atoms with Gasteiger partial charge >= 0.3 is 0 Å². The molecule has 0 saturated heterocycles. The van der Waals surface area contributed by atoms with Gasteiger partial charge < -0.3 is 14.5 Å². The molecule has 0 radical (unpaired) electrons. The predicted octanol–water partition coefficient (Wildman–Crippen LogP) is 3.79. The maximum atomic E-state index is 10.9. The van der Waals surface area contributed by atoms with E-state index in [0.717, 1.165) is 28.2 Å². The van der Waals surface area contributed by atoms with E-state index >= 15 is 0 Å². The van der Waals surface area contributed by atoms with Crippen molar-refractivity contribution >= 4 is 17.6 Å². The highest BCUT2D eigenvalue weighted by atomic mass is 35.5. The molecule has 0 aliphatic rings. The first-order chi connectivity index (χ1) is 11.6. The van der Waals surface area contributed by atoms with Gasteiger partial charge in [0, 0.05) is 16.7 Å². The topological polar surface area (TPSA) is 45.1 Å². The van der Waals surface area contributed by atoms with Crippen LogP contribution in [0.1, 0.15) is 17.7 Å². The number of aryl methyl sites for hydroxylation is 2. The fourth-order valence-corrected chi connectivity index (χ4v) is 3.01. The van der Waals surface area contributed by atoms with Gasteiger partial charge in [-0.3, -0.25) is 0 Å². The lowest BCUT2D eigenvalue weighted by molar-refractivity contribution is -0.305. The Hall–Kier alpha value is -2.52. The number of nitrogens with zero attached hydrogens (tertiary/aromatic N) is 1. The molecule has 0 aliphatic heterocycles. The predicted molar refractivity (Wildman–Crippen MR) is 94.3 cm³/mol. The molecule has 2 aromatic carbocycles. The Morgan fingerprint density at radius 2 is 1.83 bits per heavy atom. The summed E-state index contributed by atoms with van der Waals surface area (Å²) < 4.78 is 2.08. The van der Waals surface area contributed by atoms with Gasteiger partial charge in [0.2, 0.25) is 0 Å². The summed E-state index contributed by atoms with van der Waals surface area (Å²) in [7, 11) is 0. The zero-order valence-corrected chi connectivity index (χ0v) is 14.1. The number of halogens is 1. The summed E-state index contributed by atoms with van der Waals surface area (Å²) in [6.45, 7) is 2.02. The molecule has 24 heavy (non-hydrogen) atoms. The standard InChI is InChI=1S/C20H18ClNO2/c1-14-7-8-16(21)13-19(14)22-17(10-12-20(23)24)9-11-18(22)15-5-3-2-4-6-15/h2-9,11,13H,10,12H2,1H3,(H,23,24)/p-1. The van der Waals surface area contributed by atoms with Crippen LogP contribution in [0.2, 0.25) is 5.02 Å². The van der Waals surface area contributed by atoms with Crippen LogP contribution in [0.3, 0.4) is 0 Å². The third kappa shape index (κ3) is 3.36. The molecule has 0 amide bonds. The molecular weight excluding hydrogens is 322 g/mol. The highest BCUT2D eigenvalue weighted by molar-refractivity contribution is 6.30. The molecule has 0 aliphatic carbocycles. The van der Waals surface area contributed by atoms with E-state index in [-0.39, 0.29) is 6.42 Å². The molecule has 1 aromatic heterocycles. The zero-order chi connectivity index (χ0) is 17.1. The van der Waals surface area contributed by atoms with E-state index in [1.807, 2.05) is 67.6 Å². The van der Waals surface area contributed by atoms with Crippen LogP contribution < -0.4 is 5.11 Å². The van der Waals surface area contributed by atoms with Gasteiger partial charge in [0.05, 0.1) is 11.4 Å². The van der Waals surface area contributed by atoms with E-state index in [9.17, 15) is 9.90 Å². The molecule has 0 bridgehead atoms. The number of carboxylic acid groups (broad SMARTS) is 1. The Bertz CT molecular complexity index is 869. The highest BCUT2D eigenvalue weighted by Gasteiger charge is 2.14. The van der Waals surface area contributed by atoms with Crippen molar-refractivity contribution in [1.82, 2.24) is 4.57 Å². The van der Waals surface area contributed by atoms with Crippen molar-refractivity contribution in [1.29, 1.82) is 0 Å². The van der Waals surface area contributed by atoms with Crippen LogP contribution >= 0.6 is 11.6 Å². The van der Waals surface area contributed by atoms with E-state index in [4.69, 9.17) is 11.6 Å². The molecule has 0 atom stereocenters. The van der Waals surface area contributed by atoms with E-state index in [1.54, 1.807) is 0 Å². The molecule has 0 N–H and O–H groups in total. The van der Waals surface area contributed by atoms with E-state index < -0.39 is 5.97 Å². The molecule has 3 rings (SSSR count). The lowest BCUT2D eigenvalue weighted by Gasteiger charge is -2.17. The van der Waals surface area contributed by atoms with Crippen molar-refractivity contribution in [3.63, 3.8) is 0 Å². The number of aromatic nitrogens is 1. The van der Waals surface area contributed by atoms with Crippen molar-refractivity contribution in [2.45, 2.75) is 19.8 Å². The fraction of sp³-hybridized carbons (Fsp3) is 0.150. The smallest absolute Gasteiger partial charge is 0.0531 e. The summed E-state index contributed by atoms with van der Waals surface area (Å²) in [5.74, 6) is -1.05. The van der Waals surface area contributed by atoms with Gasteiger partial charge in [-0.25, -0.2) is 0 Å². The van der Waals surface area contributed by atoms with E-state index in [0.29, 0.717) is 11.4 Å². The van der Waals surface area contributed by atoms with Crippen molar-refractivity contribution < 1.29 is 9.90 Å². The Kier molecular flexibility index (Phi) is 4.72. The van der Waals surface area contributed by atoms with Gasteiger partial charge in [-0.05, 0) is 55.2 Å². The molecule has 0 saturated carbocycles. The van der Waals surface area contributed by atoms with Crippen LogP contribution in [0.15, 0.2) is 60.7 Å². The first-order valence-corrected chi connectivity index (χ1v) is 8.16. The van der Waals surface area contributed by atoms with Crippen LogP contribution in [0.25, 0.3) is 16.9 Å². The number of aliphatic carboxylic acids is 1. The lowest BCUT2D eigenvalue weighted by atomic mass is 10.1. The number of carbonyl (C=O) groups is 1. The monoisotopic (exact) mass is 338 g/mol. The first-order valence-electron chi connectivity index (χ1n) is 7.78. The zero-order valence-electron chi connectivity index (χ0n) is 13.3. The highest BCUT2D eigenvalue weighted by Crippen LogP contribution is 2.30. The molecule has 1 heterocycles. The first kappa shape index (κ1) is 16.3. The second-order valence-corrected chi connectivity index (χ2v) is 6.15. The Morgan fingerprint density at radius 3 is 2.54 bits per heavy atom. The molecule has 122 valence electrons. The minimum absolute atomic E-state index is 0.0160. The molecule has 0 fully saturated rings. The average molecular weight is 339 g/mol. The Balaban J connectivity index is 2.17. The minimum Gasteiger partial charge on any atom is -0.550 e. The quantitative estimate of drug-likeness (QED) is 0.710. The molecule has 0 spiro atoms. The normalized spacial score (nSPS) is 10.8. The lowest BCUT2D eigenvalue weighted by Crippen LogP contribution is -2.22. The third-order valence-corrected chi connectivity index (χ3v) is 4.26. The number of carbonyl (C=O) groups excluding carboxylic acids is 1. The second-order valence-electron chi connectivity index (χ2n) is 5.71. The SMILES string of the molecule is Cc1ccc(Cl)cc1-n1c(CCC(=O)[O-])ccc1-c1ccccc1. The Labute approximate surface area is 146 Å². The van der Waals surface area contributed by atoms with Gasteiger partial charge in [-0.15, -0.1) is 0 Å². The molecular formula is C20H17ClNO2-. The van der Waals surface area contributed by atoms with E-state index in [1.165, 1.54) is 0 Å². The van der Waals surface area contributed by atoms with Gasteiger partial charge in [-0.2, -0.15) is 0 Å². The third-order valence-electron chi connectivity index (χ3n) is 4.03. The van der Waals surface area contributed by atoms with Crippen molar-refractivity contribution in [2.75, 3.05) is 0 Å². The second kappa shape index (κ2) is 6.93. The summed E-state index contributed by atoms with van der Waals surface area (Å²) >= 11 is 6.19. The number of rotatable bonds is 5. The maximum Gasteiger partial charge on any atom is 0.0531 e. The number of hydrogen-bond acceptors (Lipinski definition) is 2. The van der Waals surface area contributed by atoms with Gasteiger partial charge in [0.1, 0.15) is 0 Å². The van der Waals surface area contributed by atoms with Gasteiger partial charge in [0.25, 0.3) is 0 Å². The molecule has 3 aromatic rings. The fourth-order valence-electron chi connectivity index (χ4n) is 2.85. The number of hydrogen-bond donors (Lipinski definition) is 0. The van der Waals surface area contributed by atoms with Crippen LogP contribution in [0.5, 0.6) is 0 Å².